The Bertz CT molecular complexity index is 594. The molecule has 2 rings (SSSR count). The summed E-state index contributed by atoms with van der Waals surface area (Å²) in [7, 11) is -4.16. The molecule has 0 aliphatic carbocycles. The maximum Gasteiger partial charge on any atom is 0.251 e. The van der Waals surface area contributed by atoms with E-state index in [2.05, 4.69) is 4.98 Å². The minimum Gasteiger partial charge on any atom is -0.486 e. The Labute approximate surface area is 125 Å². The third-order valence-corrected chi connectivity index (χ3v) is 4.34. The summed E-state index contributed by atoms with van der Waals surface area (Å²) >= 11 is 5.72. The van der Waals surface area contributed by atoms with Gasteiger partial charge in [-0.2, -0.15) is 0 Å². The number of rotatable bonds is 6. The van der Waals surface area contributed by atoms with Crippen molar-refractivity contribution in [3.63, 3.8) is 0 Å². The van der Waals surface area contributed by atoms with E-state index in [9.17, 15) is 17.2 Å². The maximum absolute atomic E-state index is 12.2. The number of alkyl halides is 2. The highest BCUT2D eigenvalue weighted by Gasteiger charge is 2.25. The predicted octanol–water partition coefficient (Wildman–Crippen LogP) is 1.45. The van der Waals surface area contributed by atoms with Crippen LogP contribution in [0.4, 0.5) is 8.78 Å². The molecule has 0 spiro atoms. The van der Waals surface area contributed by atoms with Crippen LogP contribution in [0.15, 0.2) is 17.2 Å². The highest BCUT2D eigenvalue weighted by molar-refractivity contribution is 7.89. The zero-order valence-corrected chi connectivity index (χ0v) is 12.3. The van der Waals surface area contributed by atoms with Crippen molar-refractivity contribution in [2.75, 3.05) is 19.8 Å². The third-order valence-electron chi connectivity index (χ3n) is 2.70. The van der Waals surface area contributed by atoms with Crippen molar-refractivity contribution in [2.45, 2.75) is 23.8 Å². The number of aromatic nitrogens is 1. The van der Waals surface area contributed by atoms with Gasteiger partial charge in [0.05, 0.1) is 26.0 Å². The highest BCUT2D eigenvalue weighted by Crippen LogP contribution is 2.28. The zero-order chi connectivity index (χ0) is 15.5. The van der Waals surface area contributed by atoms with Gasteiger partial charge in [0.25, 0.3) is 6.43 Å². The fourth-order valence-corrected chi connectivity index (χ4v) is 2.94. The van der Waals surface area contributed by atoms with Gasteiger partial charge in [-0.1, -0.05) is 11.6 Å². The van der Waals surface area contributed by atoms with Crippen LogP contribution in [0, 0.1) is 0 Å². The number of nitrogens with zero attached hydrogens (tertiary/aromatic N) is 1. The first kappa shape index (κ1) is 16.3. The van der Waals surface area contributed by atoms with E-state index in [0.717, 1.165) is 6.20 Å². The first-order valence-electron chi connectivity index (χ1n) is 6.06. The van der Waals surface area contributed by atoms with E-state index in [1.54, 1.807) is 4.72 Å². The summed E-state index contributed by atoms with van der Waals surface area (Å²) in [5, 5.41) is 0.0386. The molecule has 0 radical (unpaired) electrons. The largest absolute Gasteiger partial charge is 0.486 e. The third kappa shape index (κ3) is 4.47. The van der Waals surface area contributed by atoms with E-state index in [1.165, 1.54) is 6.07 Å². The lowest BCUT2D eigenvalue weighted by Gasteiger charge is -2.16. The summed E-state index contributed by atoms with van der Waals surface area (Å²) < 4.78 is 60.8. The molecule has 2 heterocycles. The van der Waals surface area contributed by atoms with Crippen LogP contribution >= 0.6 is 11.6 Å². The van der Waals surface area contributed by atoms with Gasteiger partial charge in [0.15, 0.2) is 0 Å². The van der Waals surface area contributed by atoms with Crippen molar-refractivity contribution in [3.05, 3.63) is 17.4 Å². The van der Waals surface area contributed by atoms with Gasteiger partial charge in [-0.15, -0.1) is 0 Å². The monoisotopic (exact) mass is 342 g/mol. The van der Waals surface area contributed by atoms with Gasteiger partial charge in [-0.05, 0) is 0 Å². The second kappa shape index (κ2) is 6.82. The Hall–Kier alpha value is -1.03. The quantitative estimate of drug-likeness (QED) is 0.792. The standard InChI is InChI=1S/C11H13ClF2N2O4S/c12-10-3-8(20-7-1-2-19-6-7)9(4-15-10)21(17,18)16-5-11(13)14/h3-4,7,11,16H,1-2,5-6H2/t7-/m0/s1. The molecular formula is C11H13ClF2N2O4S. The van der Waals surface area contributed by atoms with E-state index in [0.29, 0.717) is 19.6 Å². The maximum atomic E-state index is 12.2. The molecule has 1 atom stereocenters. The summed E-state index contributed by atoms with van der Waals surface area (Å²) in [5.41, 5.74) is 0. The van der Waals surface area contributed by atoms with Gasteiger partial charge in [0, 0.05) is 12.5 Å². The van der Waals surface area contributed by atoms with Gasteiger partial charge in [-0.25, -0.2) is 26.9 Å². The molecule has 1 aliphatic heterocycles. The molecule has 6 nitrogen and oxygen atoms in total. The average molecular weight is 343 g/mol. The van der Waals surface area contributed by atoms with Crippen molar-refractivity contribution in [2.24, 2.45) is 0 Å². The second-order valence-corrected chi connectivity index (χ2v) is 6.42. The van der Waals surface area contributed by atoms with Crippen LogP contribution < -0.4 is 9.46 Å². The lowest BCUT2D eigenvalue weighted by atomic mass is 10.3. The Morgan fingerprint density at radius 2 is 2.33 bits per heavy atom. The number of nitrogens with one attached hydrogen (secondary N) is 1. The van der Waals surface area contributed by atoms with Crippen LogP contribution in [0.3, 0.4) is 0 Å². The molecule has 1 fully saturated rings. The van der Waals surface area contributed by atoms with E-state index in [-0.39, 0.29) is 21.9 Å². The van der Waals surface area contributed by atoms with E-state index >= 15 is 0 Å². The van der Waals surface area contributed by atoms with Gasteiger partial charge in [-0.3, -0.25) is 0 Å². The summed E-state index contributed by atoms with van der Waals surface area (Å²) in [6.45, 7) is -0.157. The van der Waals surface area contributed by atoms with Crippen molar-refractivity contribution < 1.29 is 26.7 Å². The minimum absolute atomic E-state index is 0.0349. The second-order valence-electron chi connectivity index (χ2n) is 4.30. The molecule has 1 aromatic rings. The van der Waals surface area contributed by atoms with Gasteiger partial charge in [0.1, 0.15) is 21.9 Å². The molecule has 0 aromatic carbocycles. The molecule has 1 aliphatic rings. The number of hydrogen-bond acceptors (Lipinski definition) is 5. The molecule has 1 saturated heterocycles. The molecule has 10 heteroatoms. The summed E-state index contributed by atoms with van der Waals surface area (Å²) in [5.74, 6) is -0.0349. The Morgan fingerprint density at radius 1 is 1.57 bits per heavy atom. The molecule has 0 amide bonds. The first-order valence-corrected chi connectivity index (χ1v) is 7.92. The SMILES string of the molecule is O=S(=O)(NCC(F)F)c1cnc(Cl)cc1O[C@H]1CCOC1. The lowest BCUT2D eigenvalue weighted by molar-refractivity contribution is 0.139. The van der Waals surface area contributed by atoms with Gasteiger partial charge >= 0.3 is 0 Å². The van der Waals surface area contributed by atoms with Crippen LogP contribution in [-0.4, -0.2) is 45.7 Å². The smallest absolute Gasteiger partial charge is 0.251 e. The van der Waals surface area contributed by atoms with Crippen LogP contribution in [0.5, 0.6) is 5.75 Å². The van der Waals surface area contributed by atoms with Crippen molar-refractivity contribution in [3.8, 4) is 5.75 Å². The number of hydrogen-bond donors (Lipinski definition) is 1. The fourth-order valence-electron chi connectivity index (χ4n) is 1.73. The van der Waals surface area contributed by atoms with Crippen LogP contribution in [-0.2, 0) is 14.8 Å². The summed E-state index contributed by atoms with van der Waals surface area (Å²) in [4.78, 5) is 3.32. The molecule has 1 N–H and O–H groups in total. The lowest BCUT2D eigenvalue weighted by Crippen LogP contribution is -2.29. The molecule has 0 saturated carbocycles. The van der Waals surface area contributed by atoms with Crippen molar-refractivity contribution in [1.29, 1.82) is 0 Å². The van der Waals surface area contributed by atoms with Gasteiger partial charge in [0.2, 0.25) is 10.0 Å². The van der Waals surface area contributed by atoms with Crippen LogP contribution in [0.25, 0.3) is 0 Å². The molecule has 0 bridgehead atoms. The average Bonchev–Trinajstić information content (AvgIpc) is 2.89. The van der Waals surface area contributed by atoms with Crippen molar-refractivity contribution in [1.82, 2.24) is 9.71 Å². The number of halogens is 3. The normalized spacial score (nSPS) is 19.1. The number of pyridine rings is 1. The molecular weight excluding hydrogens is 330 g/mol. The van der Waals surface area contributed by atoms with E-state index in [1.807, 2.05) is 0 Å². The van der Waals surface area contributed by atoms with Crippen LogP contribution in [0.2, 0.25) is 5.15 Å². The first-order chi connectivity index (χ1) is 9.88. The van der Waals surface area contributed by atoms with E-state index < -0.39 is 23.0 Å². The minimum atomic E-state index is -4.16. The molecule has 0 unspecified atom stereocenters. The van der Waals surface area contributed by atoms with E-state index in [4.69, 9.17) is 21.1 Å². The van der Waals surface area contributed by atoms with Gasteiger partial charge < -0.3 is 9.47 Å². The summed E-state index contributed by atoms with van der Waals surface area (Å²) in [6, 6.07) is 1.23. The van der Waals surface area contributed by atoms with Crippen LogP contribution in [0.1, 0.15) is 6.42 Å². The molecule has 118 valence electrons. The molecule has 1 aromatic heterocycles. The molecule has 21 heavy (non-hydrogen) atoms. The topological polar surface area (TPSA) is 77.5 Å². The number of ether oxygens (including phenoxy) is 2. The Kier molecular flexibility index (Phi) is 5.31. The zero-order valence-electron chi connectivity index (χ0n) is 10.8. The highest BCUT2D eigenvalue weighted by atomic mass is 35.5. The Morgan fingerprint density at radius 3 is 2.95 bits per heavy atom. The summed E-state index contributed by atoms with van der Waals surface area (Å²) in [6.07, 6.45) is -1.54. The number of sulfonamides is 1. The Balaban J connectivity index is 2.25. The fraction of sp³-hybridized carbons (Fsp3) is 0.545. The van der Waals surface area contributed by atoms with Crippen molar-refractivity contribution >= 4 is 21.6 Å². The predicted molar refractivity (Wildman–Crippen MR) is 70.3 cm³/mol.